The Kier molecular flexibility index (Phi) is 3.67. The van der Waals surface area contributed by atoms with Gasteiger partial charge in [-0.25, -0.2) is 0 Å². The van der Waals surface area contributed by atoms with E-state index >= 15 is 0 Å². The van der Waals surface area contributed by atoms with Gasteiger partial charge in [0.05, 0.1) is 0 Å². The van der Waals surface area contributed by atoms with Crippen molar-refractivity contribution < 1.29 is 22.8 Å². The molecule has 0 aromatic rings. The Morgan fingerprint density at radius 1 is 1.20 bits per heavy atom. The van der Waals surface area contributed by atoms with Crippen molar-refractivity contribution in [2.24, 2.45) is 5.92 Å². The highest BCUT2D eigenvalue weighted by Gasteiger charge is 2.40. The molecule has 0 saturated carbocycles. The average molecular weight is 224 g/mol. The van der Waals surface area contributed by atoms with Crippen molar-refractivity contribution >= 4 is 11.8 Å². The van der Waals surface area contributed by atoms with E-state index in [4.69, 9.17) is 0 Å². The lowest BCUT2D eigenvalue weighted by Crippen LogP contribution is -2.45. The summed E-state index contributed by atoms with van der Waals surface area (Å²) in [5.41, 5.74) is 0. The Morgan fingerprint density at radius 3 is 2.20 bits per heavy atom. The number of amides is 2. The van der Waals surface area contributed by atoms with Gasteiger partial charge in [-0.15, -0.1) is 0 Å². The Morgan fingerprint density at radius 2 is 1.73 bits per heavy atom. The smallest absolute Gasteiger partial charge is 0.317 e. The summed E-state index contributed by atoms with van der Waals surface area (Å²) in [6.07, 6.45) is -4.09. The molecule has 0 aromatic heterocycles. The topological polar surface area (TPSA) is 58.2 Å². The maximum atomic E-state index is 11.8. The molecule has 0 bridgehead atoms. The van der Waals surface area contributed by atoms with Crippen LogP contribution in [0.2, 0.25) is 0 Å². The first-order chi connectivity index (χ1) is 6.91. The number of carbonyl (C=O) groups is 2. The molecule has 0 spiro atoms. The van der Waals surface area contributed by atoms with E-state index in [-0.39, 0.29) is 0 Å². The van der Waals surface area contributed by atoms with Crippen molar-refractivity contribution in [3.63, 3.8) is 0 Å². The van der Waals surface area contributed by atoms with Gasteiger partial charge in [0.1, 0.15) is 0 Å². The van der Waals surface area contributed by atoms with Crippen LogP contribution in [0.1, 0.15) is 12.8 Å². The van der Waals surface area contributed by atoms with Crippen LogP contribution in [0.4, 0.5) is 13.2 Å². The number of halogens is 3. The van der Waals surface area contributed by atoms with Gasteiger partial charge in [0.25, 0.3) is 0 Å². The Bertz CT molecular complexity index is 259. The van der Waals surface area contributed by atoms with Gasteiger partial charge in [0.2, 0.25) is 5.91 Å². The number of alkyl halides is 3. The predicted octanol–water partition coefficient (Wildman–Crippen LogP) is 0.191. The van der Waals surface area contributed by atoms with Crippen LogP contribution in [0.15, 0.2) is 0 Å². The molecule has 86 valence electrons. The predicted molar refractivity (Wildman–Crippen MR) is 44.8 cm³/mol. The number of carbonyl (C=O) groups excluding carboxylic acids is 2. The molecule has 0 radical (unpaired) electrons. The fourth-order valence-electron chi connectivity index (χ4n) is 1.37. The molecule has 0 aromatic carbocycles. The summed E-state index contributed by atoms with van der Waals surface area (Å²) >= 11 is 0. The van der Waals surface area contributed by atoms with E-state index in [1.165, 1.54) is 5.32 Å². The molecule has 4 nitrogen and oxygen atoms in total. The summed E-state index contributed by atoms with van der Waals surface area (Å²) in [7, 11) is 0. The molecule has 1 aliphatic heterocycles. The Hall–Kier alpha value is -1.11. The molecule has 0 atom stereocenters. The quantitative estimate of drug-likeness (QED) is 0.668. The zero-order valence-corrected chi connectivity index (χ0v) is 7.86. The molecule has 1 heterocycles. The molecule has 1 saturated heterocycles. The zero-order valence-electron chi connectivity index (χ0n) is 7.86. The van der Waals surface area contributed by atoms with Crippen LogP contribution in [-0.2, 0) is 9.59 Å². The minimum Gasteiger partial charge on any atom is -0.317 e. The maximum Gasteiger partial charge on any atom is 0.471 e. The highest BCUT2D eigenvalue weighted by molar-refractivity contribution is 5.98. The van der Waals surface area contributed by atoms with Crippen molar-refractivity contribution in [2.75, 3.05) is 13.1 Å². The van der Waals surface area contributed by atoms with Crippen molar-refractivity contribution in [3.8, 4) is 0 Å². The van der Waals surface area contributed by atoms with E-state index in [1.807, 2.05) is 0 Å². The Balaban J connectivity index is 2.44. The monoisotopic (exact) mass is 224 g/mol. The van der Waals surface area contributed by atoms with Crippen molar-refractivity contribution in [3.05, 3.63) is 0 Å². The molecule has 1 fully saturated rings. The van der Waals surface area contributed by atoms with Crippen LogP contribution in [-0.4, -0.2) is 31.1 Å². The summed E-state index contributed by atoms with van der Waals surface area (Å²) < 4.78 is 35.4. The van der Waals surface area contributed by atoms with Gasteiger partial charge in [-0.1, -0.05) is 0 Å². The summed E-state index contributed by atoms with van der Waals surface area (Å²) in [5.74, 6) is -3.53. The first-order valence-corrected chi connectivity index (χ1v) is 4.54. The van der Waals surface area contributed by atoms with Crippen molar-refractivity contribution in [1.82, 2.24) is 10.6 Å². The molecule has 7 heteroatoms. The fraction of sp³-hybridized carbons (Fsp3) is 0.750. The van der Waals surface area contributed by atoms with Crippen LogP contribution >= 0.6 is 0 Å². The van der Waals surface area contributed by atoms with Crippen molar-refractivity contribution in [1.29, 1.82) is 0 Å². The minimum atomic E-state index is -5.00. The molecule has 1 aliphatic rings. The normalized spacial score (nSPS) is 18.6. The summed E-state index contributed by atoms with van der Waals surface area (Å²) in [6, 6.07) is 0. The fourth-order valence-corrected chi connectivity index (χ4v) is 1.37. The van der Waals surface area contributed by atoms with Gasteiger partial charge < -0.3 is 5.32 Å². The average Bonchev–Trinajstić information content (AvgIpc) is 2.17. The van der Waals surface area contributed by atoms with E-state index in [1.54, 1.807) is 0 Å². The van der Waals surface area contributed by atoms with Gasteiger partial charge in [-0.05, 0) is 25.9 Å². The van der Waals surface area contributed by atoms with Gasteiger partial charge >= 0.3 is 12.1 Å². The lowest BCUT2D eigenvalue weighted by Gasteiger charge is -2.21. The number of imide groups is 1. The summed E-state index contributed by atoms with van der Waals surface area (Å²) in [6.45, 7) is 1.16. The molecule has 1 rings (SSSR count). The van der Waals surface area contributed by atoms with E-state index in [0.717, 1.165) is 0 Å². The van der Waals surface area contributed by atoms with Crippen LogP contribution in [0, 0.1) is 5.92 Å². The number of piperidine rings is 1. The third kappa shape index (κ3) is 3.50. The Labute approximate surface area is 84.2 Å². The summed E-state index contributed by atoms with van der Waals surface area (Å²) in [4.78, 5) is 21.6. The largest absolute Gasteiger partial charge is 0.471 e. The number of nitrogens with one attached hydrogen (secondary N) is 2. The third-order valence-electron chi connectivity index (χ3n) is 2.20. The maximum absolute atomic E-state index is 11.8. The second-order valence-electron chi connectivity index (χ2n) is 3.34. The van der Waals surface area contributed by atoms with Crippen LogP contribution < -0.4 is 10.6 Å². The standard InChI is InChI=1S/C8H11F3N2O2/c9-8(10,11)7(15)13-6(14)5-1-3-12-4-2-5/h5,12H,1-4H2,(H,13,14,15). The highest BCUT2D eigenvalue weighted by Crippen LogP contribution is 2.16. The second kappa shape index (κ2) is 4.61. The lowest BCUT2D eigenvalue weighted by molar-refractivity contribution is -0.175. The zero-order chi connectivity index (χ0) is 11.5. The molecule has 0 unspecified atom stereocenters. The third-order valence-corrected chi connectivity index (χ3v) is 2.20. The molecular weight excluding hydrogens is 213 g/mol. The first kappa shape index (κ1) is 12.0. The highest BCUT2D eigenvalue weighted by atomic mass is 19.4. The lowest BCUT2D eigenvalue weighted by atomic mass is 9.97. The van der Waals surface area contributed by atoms with E-state index in [2.05, 4.69) is 5.32 Å². The number of hydrogen-bond donors (Lipinski definition) is 2. The SMILES string of the molecule is O=C(NC(=O)C(F)(F)F)C1CCNCC1. The molecule has 0 aliphatic carbocycles. The second-order valence-corrected chi connectivity index (χ2v) is 3.34. The number of rotatable bonds is 1. The van der Waals surface area contributed by atoms with E-state index < -0.39 is 23.9 Å². The van der Waals surface area contributed by atoms with E-state index in [0.29, 0.717) is 25.9 Å². The van der Waals surface area contributed by atoms with E-state index in [9.17, 15) is 22.8 Å². The summed E-state index contributed by atoms with van der Waals surface area (Å²) in [5, 5.41) is 4.32. The van der Waals surface area contributed by atoms with Crippen LogP contribution in [0.3, 0.4) is 0 Å². The van der Waals surface area contributed by atoms with Gasteiger partial charge in [-0.3, -0.25) is 14.9 Å². The van der Waals surface area contributed by atoms with Gasteiger partial charge in [0.15, 0.2) is 0 Å². The van der Waals surface area contributed by atoms with Crippen molar-refractivity contribution in [2.45, 2.75) is 19.0 Å². The molecule has 15 heavy (non-hydrogen) atoms. The molecular formula is C8H11F3N2O2. The first-order valence-electron chi connectivity index (χ1n) is 4.54. The minimum absolute atomic E-state index is 0.455. The number of hydrogen-bond acceptors (Lipinski definition) is 3. The van der Waals surface area contributed by atoms with Gasteiger partial charge in [0, 0.05) is 5.92 Å². The van der Waals surface area contributed by atoms with Crippen LogP contribution in [0.25, 0.3) is 0 Å². The van der Waals surface area contributed by atoms with Crippen LogP contribution in [0.5, 0.6) is 0 Å². The van der Waals surface area contributed by atoms with Gasteiger partial charge in [-0.2, -0.15) is 13.2 Å². The molecule has 2 amide bonds. The molecule has 2 N–H and O–H groups in total.